The molecule has 3 aliphatic rings. The average molecular weight is 276 g/mol. The number of carbonyl (C=O) groups is 1. The lowest BCUT2D eigenvalue weighted by Crippen LogP contribution is -2.65. The molecule has 1 aromatic heterocycles. The van der Waals surface area contributed by atoms with Crippen molar-refractivity contribution >= 4 is 5.91 Å². The first-order chi connectivity index (χ1) is 9.81. The third-order valence-corrected chi connectivity index (χ3v) is 4.61. The van der Waals surface area contributed by atoms with Crippen molar-refractivity contribution in [2.75, 3.05) is 32.8 Å². The number of aromatic amines is 1. The predicted octanol–water partition coefficient (Wildman–Crippen LogP) is 0.345. The van der Waals surface area contributed by atoms with Crippen molar-refractivity contribution in [1.82, 2.24) is 20.0 Å². The molecule has 2 saturated heterocycles. The van der Waals surface area contributed by atoms with E-state index in [2.05, 4.69) is 15.1 Å². The minimum absolute atomic E-state index is 0.0606. The normalized spacial score (nSPS) is 30.5. The Hall–Kier alpha value is -1.40. The van der Waals surface area contributed by atoms with Crippen LogP contribution < -0.4 is 0 Å². The molecule has 2 atom stereocenters. The number of piperazine rings is 1. The number of amides is 1. The minimum atomic E-state index is 0.0606. The Kier molecular flexibility index (Phi) is 3.00. The number of aromatic nitrogens is 2. The second-order valence-corrected chi connectivity index (χ2v) is 6.17. The van der Waals surface area contributed by atoms with E-state index in [1.165, 1.54) is 19.4 Å². The van der Waals surface area contributed by atoms with Crippen molar-refractivity contribution in [1.29, 1.82) is 0 Å². The standard InChI is InChI=1S/C14H20N4O2/c19-14(13-3-4-15-16-13)17-6-11-8-20-9-12(7-17)18(11)5-10-1-2-10/h3-4,10-12H,1-2,5-9H2,(H,15,16). The van der Waals surface area contributed by atoms with Crippen molar-refractivity contribution in [3.05, 3.63) is 18.0 Å². The summed E-state index contributed by atoms with van der Waals surface area (Å²) in [5, 5.41) is 6.63. The van der Waals surface area contributed by atoms with Gasteiger partial charge in [-0.05, 0) is 24.8 Å². The molecule has 0 radical (unpaired) electrons. The number of carbonyl (C=O) groups excluding carboxylic acids is 1. The van der Waals surface area contributed by atoms with Gasteiger partial charge >= 0.3 is 0 Å². The molecule has 1 aliphatic carbocycles. The number of nitrogens with zero attached hydrogens (tertiary/aromatic N) is 3. The van der Waals surface area contributed by atoms with E-state index in [9.17, 15) is 4.79 Å². The molecule has 108 valence electrons. The van der Waals surface area contributed by atoms with Crippen molar-refractivity contribution in [3.8, 4) is 0 Å². The number of ether oxygens (including phenoxy) is 1. The van der Waals surface area contributed by atoms with E-state index < -0.39 is 0 Å². The Labute approximate surface area is 118 Å². The number of morpholine rings is 1. The first kappa shape index (κ1) is 12.3. The summed E-state index contributed by atoms with van der Waals surface area (Å²) in [4.78, 5) is 17.0. The van der Waals surface area contributed by atoms with Crippen LogP contribution in [0, 0.1) is 5.92 Å². The van der Waals surface area contributed by atoms with E-state index in [-0.39, 0.29) is 5.91 Å². The van der Waals surface area contributed by atoms with Gasteiger partial charge in [-0.1, -0.05) is 0 Å². The van der Waals surface area contributed by atoms with Crippen molar-refractivity contribution in [2.45, 2.75) is 24.9 Å². The molecule has 20 heavy (non-hydrogen) atoms. The lowest BCUT2D eigenvalue weighted by molar-refractivity contribution is -0.0913. The fourth-order valence-electron chi connectivity index (χ4n) is 3.34. The molecule has 4 rings (SSSR count). The summed E-state index contributed by atoms with van der Waals surface area (Å²) in [6.45, 7) is 4.21. The Morgan fingerprint density at radius 1 is 1.35 bits per heavy atom. The molecule has 6 nitrogen and oxygen atoms in total. The van der Waals surface area contributed by atoms with Crippen LogP contribution in [0.15, 0.2) is 12.3 Å². The molecule has 2 bridgehead atoms. The van der Waals surface area contributed by atoms with Crippen LogP contribution in [0.3, 0.4) is 0 Å². The van der Waals surface area contributed by atoms with E-state index >= 15 is 0 Å². The summed E-state index contributed by atoms with van der Waals surface area (Å²) in [5.41, 5.74) is 0.583. The highest BCUT2D eigenvalue weighted by Gasteiger charge is 2.41. The quantitative estimate of drug-likeness (QED) is 0.865. The third kappa shape index (κ3) is 2.23. The SMILES string of the molecule is O=C(c1ccn[nH]1)N1CC2COCC(C1)N2CC1CC1. The van der Waals surface area contributed by atoms with Crippen LogP contribution in [-0.4, -0.2) is 70.8 Å². The van der Waals surface area contributed by atoms with Gasteiger partial charge in [-0.25, -0.2) is 0 Å². The molecular formula is C14H20N4O2. The van der Waals surface area contributed by atoms with Gasteiger partial charge in [0.15, 0.2) is 0 Å². The molecule has 2 unspecified atom stereocenters. The molecule has 3 fully saturated rings. The first-order valence-electron chi connectivity index (χ1n) is 7.43. The fraction of sp³-hybridized carbons (Fsp3) is 0.714. The topological polar surface area (TPSA) is 61.5 Å². The molecule has 6 heteroatoms. The summed E-state index contributed by atoms with van der Waals surface area (Å²) in [6, 6.07) is 2.45. The monoisotopic (exact) mass is 276 g/mol. The molecule has 1 amide bonds. The maximum Gasteiger partial charge on any atom is 0.271 e. The lowest BCUT2D eigenvalue weighted by Gasteiger charge is -2.49. The Balaban J connectivity index is 1.48. The van der Waals surface area contributed by atoms with Crippen LogP contribution >= 0.6 is 0 Å². The van der Waals surface area contributed by atoms with Crippen LogP contribution in [0.25, 0.3) is 0 Å². The van der Waals surface area contributed by atoms with Crippen LogP contribution in [0.1, 0.15) is 23.3 Å². The largest absolute Gasteiger partial charge is 0.378 e. The second kappa shape index (κ2) is 4.86. The number of rotatable bonds is 3. The van der Waals surface area contributed by atoms with Gasteiger partial charge in [0.25, 0.3) is 5.91 Å². The highest BCUT2D eigenvalue weighted by Crippen LogP contribution is 2.33. The van der Waals surface area contributed by atoms with Crippen LogP contribution in [-0.2, 0) is 4.74 Å². The van der Waals surface area contributed by atoms with Gasteiger partial charge in [-0.15, -0.1) is 0 Å². The zero-order valence-electron chi connectivity index (χ0n) is 11.5. The average Bonchev–Trinajstić information content (AvgIpc) is 3.08. The van der Waals surface area contributed by atoms with Gasteiger partial charge < -0.3 is 9.64 Å². The Morgan fingerprint density at radius 3 is 2.70 bits per heavy atom. The minimum Gasteiger partial charge on any atom is -0.378 e. The summed E-state index contributed by atoms with van der Waals surface area (Å²) < 4.78 is 5.69. The van der Waals surface area contributed by atoms with E-state index in [4.69, 9.17) is 4.74 Å². The summed E-state index contributed by atoms with van der Waals surface area (Å²) in [6.07, 6.45) is 4.36. The molecule has 0 spiro atoms. The number of fused-ring (bicyclic) bond motifs is 2. The van der Waals surface area contributed by atoms with Crippen LogP contribution in [0.5, 0.6) is 0 Å². The van der Waals surface area contributed by atoms with Crippen LogP contribution in [0.2, 0.25) is 0 Å². The Morgan fingerprint density at radius 2 is 2.10 bits per heavy atom. The lowest BCUT2D eigenvalue weighted by atomic mass is 10.0. The van der Waals surface area contributed by atoms with Crippen LogP contribution in [0.4, 0.5) is 0 Å². The smallest absolute Gasteiger partial charge is 0.271 e. The van der Waals surface area contributed by atoms with Gasteiger partial charge in [0.1, 0.15) is 5.69 Å². The highest BCUT2D eigenvalue weighted by atomic mass is 16.5. The first-order valence-corrected chi connectivity index (χ1v) is 7.43. The number of H-pyrrole nitrogens is 1. The molecule has 0 aromatic carbocycles. The summed E-state index contributed by atoms with van der Waals surface area (Å²) in [7, 11) is 0. The number of nitrogens with one attached hydrogen (secondary N) is 1. The van der Waals surface area contributed by atoms with Crippen molar-refractivity contribution in [3.63, 3.8) is 0 Å². The Bertz CT molecular complexity index is 471. The fourth-order valence-corrected chi connectivity index (χ4v) is 3.34. The second-order valence-electron chi connectivity index (χ2n) is 6.17. The number of hydrogen-bond acceptors (Lipinski definition) is 4. The van der Waals surface area contributed by atoms with Gasteiger partial charge in [0.05, 0.1) is 25.3 Å². The highest BCUT2D eigenvalue weighted by molar-refractivity contribution is 5.92. The molecule has 2 aliphatic heterocycles. The maximum absolute atomic E-state index is 12.4. The van der Waals surface area contributed by atoms with Crippen molar-refractivity contribution < 1.29 is 9.53 Å². The maximum atomic E-state index is 12.4. The van der Waals surface area contributed by atoms with Gasteiger partial charge in [0.2, 0.25) is 0 Å². The zero-order valence-corrected chi connectivity index (χ0v) is 11.5. The molecule has 1 saturated carbocycles. The molecule has 1 aromatic rings. The molecular weight excluding hydrogens is 256 g/mol. The molecule has 3 heterocycles. The molecule has 1 N–H and O–H groups in total. The van der Waals surface area contributed by atoms with Gasteiger partial charge in [0, 0.05) is 25.8 Å². The third-order valence-electron chi connectivity index (χ3n) is 4.61. The van der Waals surface area contributed by atoms with E-state index in [1.54, 1.807) is 12.3 Å². The van der Waals surface area contributed by atoms with Crippen molar-refractivity contribution in [2.24, 2.45) is 5.92 Å². The number of hydrogen-bond donors (Lipinski definition) is 1. The predicted molar refractivity (Wildman–Crippen MR) is 72.3 cm³/mol. The van der Waals surface area contributed by atoms with E-state index in [1.807, 2.05) is 4.90 Å². The van der Waals surface area contributed by atoms with Gasteiger partial charge in [-0.2, -0.15) is 5.10 Å². The summed E-state index contributed by atoms with van der Waals surface area (Å²) in [5.74, 6) is 0.943. The van der Waals surface area contributed by atoms with E-state index in [0.29, 0.717) is 17.8 Å². The van der Waals surface area contributed by atoms with E-state index in [0.717, 1.165) is 32.2 Å². The summed E-state index contributed by atoms with van der Waals surface area (Å²) >= 11 is 0. The zero-order chi connectivity index (χ0) is 13.5. The van der Waals surface area contributed by atoms with Gasteiger partial charge in [-0.3, -0.25) is 14.8 Å².